The SMILES string of the molecule is CCn1c(C)c(C(=O)O)c(=O)c2ccc(OC)cc21. The molecule has 5 heteroatoms. The summed E-state index contributed by atoms with van der Waals surface area (Å²) in [5.41, 5.74) is 0.530. The van der Waals surface area contributed by atoms with Gasteiger partial charge in [-0.3, -0.25) is 4.79 Å². The molecule has 0 aliphatic carbocycles. The van der Waals surface area contributed by atoms with Crippen LogP contribution in [0.4, 0.5) is 0 Å². The number of aromatic carboxylic acids is 1. The van der Waals surface area contributed by atoms with Crippen LogP contribution in [0.15, 0.2) is 23.0 Å². The molecule has 0 saturated heterocycles. The number of hydrogen-bond acceptors (Lipinski definition) is 3. The van der Waals surface area contributed by atoms with Crippen LogP contribution >= 0.6 is 0 Å². The second kappa shape index (κ2) is 4.76. The fraction of sp³-hybridized carbons (Fsp3) is 0.286. The maximum absolute atomic E-state index is 12.2. The summed E-state index contributed by atoms with van der Waals surface area (Å²) in [6, 6.07) is 5.01. The minimum absolute atomic E-state index is 0.167. The summed E-state index contributed by atoms with van der Waals surface area (Å²) < 4.78 is 6.96. The van der Waals surface area contributed by atoms with Crippen molar-refractivity contribution >= 4 is 16.9 Å². The Labute approximate surface area is 110 Å². The maximum atomic E-state index is 12.2. The first-order valence-electron chi connectivity index (χ1n) is 5.95. The molecule has 0 saturated carbocycles. The highest BCUT2D eigenvalue weighted by atomic mass is 16.5. The van der Waals surface area contributed by atoms with Crippen molar-refractivity contribution in [2.45, 2.75) is 20.4 Å². The molecule has 0 aliphatic rings. The number of fused-ring (bicyclic) bond motifs is 1. The van der Waals surface area contributed by atoms with E-state index in [4.69, 9.17) is 4.74 Å². The average Bonchev–Trinajstić information content (AvgIpc) is 2.38. The molecule has 0 amide bonds. The minimum Gasteiger partial charge on any atom is -0.497 e. The van der Waals surface area contributed by atoms with Gasteiger partial charge in [0.05, 0.1) is 12.6 Å². The Balaban J connectivity index is 2.99. The highest BCUT2D eigenvalue weighted by Crippen LogP contribution is 2.21. The van der Waals surface area contributed by atoms with Crippen LogP contribution in [0.25, 0.3) is 10.9 Å². The molecule has 1 N–H and O–H groups in total. The summed E-state index contributed by atoms with van der Waals surface area (Å²) in [5.74, 6) is -0.556. The van der Waals surface area contributed by atoms with E-state index in [1.165, 1.54) is 0 Å². The van der Waals surface area contributed by atoms with Crippen molar-refractivity contribution < 1.29 is 14.6 Å². The minimum atomic E-state index is -1.19. The lowest BCUT2D eigenvalue weighted by Gasteiger charge is -2.15. The standard InChI is InChI=1S/C14H15NO4/c1-4-15-8(2)12(14(17)18)13(16)10-6-5-9(19-3)7-11(10)15/h5-7H,4H2,1-3H3,(H,17,18). The van der Waals surface area contributed by atoms with Gasteiger partial charge in [-0.2, -0.15) is 0 Å². The summed E-state index contributed by atoms with van der Waals surface area (Å²) >= 11 is 0. The predicted octanol–water partition coefficient (Wildman–Crippen LogP) is 2.04. The first-order chi connectivity index (χ1) is 9.01. The Morgan fingerprint density at radius 1 is 1.42 bits per heavy atom. The van der Waals surface area contributed by atoms with E-state index in [2.05, 4.69) is 0 Å². The monoisotopic (exact) mass is 261 g/mol. The molecule has 1 heterocycles. The van der Waals surface area contributed by atoms with Gasteiger partial charge in [0.2, 0.25) is 5.43 Å². The molecule has 0 unspecified atom stereocenters. The van der Waals surface area contributed by atoms with E-state index in [0.717, 1.165) is 0 Å². The van der Waals surface area contributed by atoms with Gasteiger partial charge in [-0.1, -0.05) is 0 Å². The second-order valence-corrected chi connectivity index (χ2v) is 4.22. The Hall–Kier alpha value is -2.30. The first-order valence-corrected chi connectivity index (χ1v) is 5.95. The number of carbonyl (C=O) groups is 1. The number of nitrogens with zero attached hydrogens (tertiary/aromatic N) is 1. The number of carboxylic acids is 1. The Kier molecular flexibility index (Phi) is 3.29. The van der Waals surface area contributed by atoms with Gasteiger partial charge in [0.15, 0.2) is 0 Å². The Morgan fingerprint density at radius 3 is 2.63 bits per heavy atom. The van der Waals surface area contributed by atoms with E-state index in [1.807, 2.05) is 11.5 Å². The van der Waals surface area contributed by atoms with E-state index < -0.39 is 11.4 Å². The molecule has 0 aliphatic heterocycles. The van der Waals surface area contributed by atoms with Crippen molar-refractivity contribution in [1.82, 2.24) is 4.57 Å². The molecule has 0 atom stereocenters. The molecule has 0 spiro atoms. The third kappa shape index (κ3) is 1.97. The van der Waals surface area contributed by atoms with E-state index in [1.54, 1.807) is 32.2 Å². The molecule has 1 aromatic heterocycles. The third-order valence-corrected chi connectivity index (χ3v) is 3.26. The van der Waals surface area contributed by atoms with Gasteiger partial charge in [0.1, 0.15) is 11.3 Å². The molecule has 2 rings (SSSR count). The van der Waals surface area contributed by atoms with Crippen molar-refractivity contribution in [1.29, 1.82) is 0 Å². The lowest BCUT2D eigenvalue weighted by Crippen LogP contribution is -2.22. The van der Waals surface area contributed by atoms with Gasteiger partial charge in [-0.15, -0.1) is 0 Å². The highest BCUT2D eigenvalue weighted by Gasteiger charge is 2.18. The van der Waals surface area contributed by atoms with Crippen molar-refractivity contribution in [3.05, 3.63) is 39.7 Å². The molecule has 0 bridgehead atoms. The van der Waals surface area contributed by atoms with Crippen LogP contribution in [0.2, 0.25) is 0 Å². The lowest BCUT2D eigenvalue weighted by atomic mass is 10.1. The number of methoxy groups -OCH3 is 1. The van der Waals surface area contributed by atoms with Crippen LogP contribution in [0.3, 0.4) is 0 Å². The fourth-order valence-corrected chi connectivity index (χ4v) is 2.33. The maximum Gasteiger partial charge on any atom is 0.341 e. The predicted molar refractivity (Wildman–Crippen MR) is 72.1 cm³/mol. The van der Waals surface area contributed by atoms with E-state index in [-0.39, 0.29) is 5.56 Å². The zero-order chi connectivity index (χ0) is 14.2. The van der Waals surface area contributed by atoms with Crippen LogP contribution in [0.5, 0.6) is 5.75 Å². The van der Waals surface area contributed by atoms with E-state index in [9.17, 15) is 14.7 Å². The van der Waals surface area contributed by atoms with Crippen LogP contribution in [-0.2, 0) is 6.54 Å². The van der Waals surface area contributed by atoms with Gasteiger partial charge >= 0.3 is 5.97 Å². The van der Waals surface area contributed by atoms with Crippen LogP contribution in [0, 0.1) is 6.92 Å². The summed E-state index contributed by atoms with van der Waals surface area (Å²) in [4.78, 5) is 23.5. The largest absolute Gasteiger partial charge is 0.497 e. The van der Waals surface area contributed by atoms with Gasteiger partial charge < -0.3 is 14.4 Å². The van der Waals surface area contributed by atoms with Crippen molar-refractivity contribution in [2.24, 2.45) is 0 Å². The number of rotatable bonds is 3. The molecular formula is C14H15NO4. The van der Waals surface area contributed by atoms with Crippen LogP contribution < -0.4 is 10.2 Å². The topological polar surface area (TPSA) is 68.5 Å². The lowest BCUT2D eigenvalue weighted by molar-refractivity contribution is 0.0694. The number of ether oxygens (including phenoxy) is 1. The van der Waals surface area contributed by atoms with E-state index >= 15 is 0 Å². The zero-order valence-corrected chi connectivity index (χ0v) is 11.1. The van der Waals surface area contributed by atoms with Crippen LogP contribution in [0.1, 0.15) is 23.0 Å². The molecular weight excluding hydrogens is 246 g/mol. The second-order valence-electron chi connectivity index (χ2n) is 4.22. The summed E-state index contributed by atoms with van der Waals surface area (Å²) in [6.45, 7) is 4.13. The number of aryl methyl sites for hydroxylation is 1. The number of aromatic nitrogens is 1. The molecule has 0 fully saturated rings. The summed E-state index contributed by atoms with van der Waals surface area (Å²) in [6.07, 6.45) is 0. The molecule has 0 radical (unpaired) electrons. The number of benzene rings is 1. The van der Waals surface area contributed by atoms with Crippen molar-refractivity contribution in [2.75, 3.05) is 7.11 Å². The molecule has 5 nitrogen and oxygen atoms in total. The molecule has 2 aromatic rings. The van der Waals surface area contributed by atoms with Crippen molar-refractivity contribution in [3.8, 4) is 5.75 Å². The zero-order valence-electron chi connectivity index (χ0n) is 11.1. The van der Waals surface area contributed by atoms with Gasteiger partial charge in [-0.25, -0.2) is 4.79 Å². The van der Waals surface area contributed by atoms with Gasteiger partial charge in [0.25, 0.3) is 0 Å². The Bertz CT molecular complexity index is 715. The van der Waals surface area contributed by atoms with E-state index in [0.29, 0.717) is 28.9 Å². The third-order valence-electron chi connectivity index (χ3n) is 3.26. The molecule has 1 aromatic carbocycles. The summed E-state index contributed by atoms with van der Waals surface area (Å²) in [5, 5.41) is 9.58. The first kappa shape index (κ1) is 13.1. The Morgan fingerprint density at radius 2 is 2.11 bits per heavy atom. The number of hydrogen-bond donors (Lipinski definition) is 1. The van der Waals surface area contributed by atoms with Crippen molar-refractivity contribution in [3.63, 3.8) is 0 Å². The molecule has 19 heavy (non-hydrogen) atoms. The van der Waals surface area contributed by atoms with Gasteiger partial charge in [-0.05, 0) is 26.0 Å². The normalized spacial score (nSPS) is 10.7. The average molecular weight is 261 g/mol. The smallest absolute Gasteiger partial charge is 0.341 e. The highest BCUT2D eigenvalue weighted by molar-refractivity contribution is 5.94. The fourth-order valence-electron chi connectivity index (χ4n) is 2.33. The van der Waals surface area contributed by atoms with Gasteiger partial charge in [0, 0.05) is 23.7 Å². The van der Waals surface area contributed by atoms with Crippen LogP contribution in [-0.4, -0.2) is 22.8 Å². The molecule has 100 valence electrons. The summed E-state index contributed by atoms with van der Waals surface area (Å²) in [7, 11) is 1.55. The number of carboxylic acid groups (broad SMARTS) is 1. The number of pyridine rings is 1. The quantitative estimate of drug-likeness (QED) is 0.918.